The SMILES string of the molecule is C[C@]12CC[C@@H]3[C@H](CCC4=CC(=O)CC[C@]43C)[C@@H]1CC[C@@H]2C(=O)COC(=O)CCC(=O)[O-]. The Hall–Kier alpha value is -1.98. The fraction of sp³-hybridized carbons (Fsp3) is 0.760. The van der Waals surface area contributed by atoms with Crippen molar-refractivity contribution in [3.63, 3.8) is 0 Å². The van der Waals surface area contributed by atoms with Crippen LogP contribution < -0.4 is 5.11 Å². The molecular weight excluding hydrogens is 396 g/mol. The van der Waals surface area contributed by atoms with E-state index in [1.54, 1.807) is 0 Å². The van der Waals surface area contributed by atoms with Crippen molar-refractivity contribution in [1.29, 1.82) is 0 Å². The molecule has 170 valence electrons. The highest BCUT2D eigenvalue weighted by atomic mass is 16.5. The van der Waals surface area contributed by atoms with Gasteiger partial charge in [-0.2, -0.15) is 0 Å². The first-order valence-corrected chi connectivity index (χ1v) is 11.8. The molecule has 4 aliphatic carbocycles. The number of Topliss-reactive ketones (excluding diaryl/α,β-unsaturated/α-hetero) is 1. The van der Waals surface area contributed by atoms with Crippen LogP contribution in [0.5, 0.6) is 0 Å². The lowest BCUT2D eigenvalue weighted by molar-refractivity contribution is -0.305. The number of ketones is 2. The Morgan fingerprint density at radius 1 is 1.03 bits per heavy atom. The van der Waals surface area contributed by atoms with Gasteiger partial charge in [0.2, 0.25) is 0 Å². The van der Waals surface area contributed by atoms with Crippen LogP contribution in [0.3, 0.4) is 0 Å². The van der Waals surface area contributed by atoms with Crippen molar-refractivity contribution in [3.8, 4) is 0 Å². The molecule has 0 amide bonds. The first-order chi connectivity index (χ1) is 14.6. The number of hydrogen-bond acceptors (Lipinski definition) is 6. The third kappa shape index (κ3) is 3.87. The van der Waals surface area contributed by atoms with Gasteiger partial charge in [-0.3, -0.25) is 14.4 Å². The van der Waals surface area contributed by atoms with Crippen molar-refractivity contribution in [2.45, 2.75) is 78.1 Å². The molecule has 0 spiro atoms. The molecule has 6 atom stereocenters. The predicted molar refractivity (Wildman–Crippen MR) is 110 cm³/mol. The van der Waals surface area contributed by atoms with Gasteiger partial charge in [0.15, 0.2) is 11.6 Å². The number of esters is 1. The van der Waals surface area contributed by atoms with Gasteiger partial charge >= 0.3 is 5.97 Å². The van der Waals surface area contributed by atoms with E-state index in [0.717, 1.165) is 44.9 Å². The third-order valence-electron chi connectivity index (χ3n) is 9.26. The quantitative estimate of drug-likeness (QED) is 0.602. The van der Waals surface area contributed by atoms with E-state index in [2.05, 4.69) is 13.8 Å². The van der Waals surface area contributed by atoms with E-state index < -0.39 is 11.9 Å². The van der Waals surface area contributed by atoms with E-state index in [1.165, 1.54) is 5.57 Å². The van der Waals surface area contributed by atoms with E-state index in [9.17, 15) is 24.3 Å². The first-order valence-electron chi connectivity index (χ1n) is 11.8. The van der Waals surface area contributed by atoms with Crippen molar-refractivity contribution < 1.29 is 29.0 Å². The Morgan fingerprint density at radius 2 is 1.81 bits per heavy atom. The maximum atomic E-state index is 13.0. The van der Waals surface area contributed by atoms with Crippen LogP contribution in [-0.4, -0.2) is 30.1 Å². The lowest BCUT2D eigenvalue weighted by Crippen LogP contribution is -2.51. The summed E-state index contributed by atoms with van der Waals surface area (Å²) in [6.45, 7) is 4.34. The molecule has 0 heterocycles. The summed E-state index contributed by atoms with van der Waals surface area (Å²) in [6, 6.07) is 0. The summed E-state index contributed by atoms with van der Waals surface area (Å²) in [5.41, 5.74) is 1.40. The zero-order chi connectivity index (χ0) is 22.4. The second kappa shape index (κ2) is 8.18. The van der Waals surface area contributed by atoms with Crippen LogP contribution in [-0.2, 0) is 23.9 Å². The fourth-order valence-electron chi connectivity index (χ4n) is 7.62. The first kappa shape index (κ1) is 22.2. The van der Waals surface area contributed by atoms with E-state index in [0.29, 0.717) is 24.2 Å². The Morgan fingerprint density at radius 3 is 2.55 bits per heavy atom. The number of aliphatic carboxylic acids is 1. The molecule has 4 rings (SSSR count). The minimum absolute atomic E-state index is 0.0314. The van der Waals surface area contributed by atoms with E-state index in [1.807, 2.05) is 6.08 Å². The van der Waals surface area contributed by atoms with Gasteiger partial charge in [-0.25, -0.2) is 0 Å². The summed E-state index contributed by atoms with van der Waals surface area (Å²) < 4.78 is 5.08. The number of carbonyl (C=O) groups excluding carboxylic acids is 4. The Kier molecular flexibility index (Phi) is 5.86. The van der Waals surface area contributed by atoms with Crippen molar-refractivity contribution in [3.05, 3.63) is 11.6 Å². The molecule has 0 radical (unpaired) electrons. The molecule has 6 heteroatoms. The van der Waals surface area contributed by atoms with Gasteiger partial charge < -0.3 is 14.6 Å². The second-order valence-corrected chi connectivity index (χ2v) is 10.6. The number of allylic oxidation sites excluding steroid dienone is 1. The number of hydrogen-bond donors (Lipinski definition) is 0. The van der Waals surface area contributed by atoms with Crippen LogP contribution in [0.15, 0.2) is 11.6 Å². The third-order valence-corrected chi connectivity index (χ3v) is 9.26. The lowest BCUT2D eigenvalue weighted by atomic mass is 9.46. The Bertz CT molecular complexity index is 828. The van der Waals surface area contributed by atoms with Crippen molar-refractivity contribution >= 4 is 23.5 Å². The monoisotopic (exact) mass is 429 g/mol. The number of fused-ring (bicyclic) bond motifs is 5. The van der Waals surface area contributed by atoms with Gasteiger partial charge in [-0.05, 0) is 86.0 Å². The molecule has 0 unspecified atom stereocenters. The number of carboxylic acid groups (broad SMARTS) is 1. The zero-order valence-electron chi connectivity index (χ0n) is 18.6. The zero-order valence-corrected chi connectivity index (χ0v) is 18.6. The average Bonchev–Trinajstić information content (AvgIpc) is 3.08. The molecule has 3 saturated carbocycles. The van der Waals surface area contributed by atoms with Gasteiger partial charge in [0.25, 0.3) is 0 Å². The number of carboxylic acids is 1. The average molecular weight is 430 g/mol. The molecule has 0 aromatic rings. The summed E-state index contributed by atoms with van der Waals surface area (Å²) in [7, 11) is 0. The molecule has 0 aromatic carbocycles. The number of rotatable bonds is 6. The van der Waals surface area contributed by atoms with Gasteiger partial charge in [0.1, 0.15) is 6.61 Å². The van der Waals surface area contributed by atoms with Crippen LogP contribution in [0.25, 0.3) is 0 Å². The number of ether oxygens (including phenoxy) is 1. The molecule has 0 aromatic heterocycles. The molecular formula is C25H33O6-. The standard InChI is InChI=1S/C25H34O6/c1-24-11-9-16(26)13-15(24)3-4-17-18-5-6-20(25(18,2)12-10-19(17)24)21(27)14-31-23(30)8-7-22(28)29/h13,17-20H,3-12,14H2,1-2H3,(H,28,29)/p-1/t17-,18+,19-,20-,24-,25+/m1/s1. The molecule has 0 aliphatic heterocycles. The Labute approximate surface area is 183 Å². The molecule has 6 nitrogen and oxygen atoms in total. The lowest BCUT2D eigenvalue weighted by Gasteiger charge is -2.58. The molecule has 0 N–H and O–H groups in total. The number of carbonyl (C=O) groups is 4. The van der Waals surface area contributed by atoms with Crippen LogP contribution in [0.1, 0.15) is 78.1 Å². The van der Waals surface area contributed by atoms with Gasteiger partial charge in [0, 0.05) is 18.3 Å². The van der Waals surface area contributed by atoms with Crippen LogP contribution >= 0.6 is 0 Å². The van der Waals surface area contributed by atoms with Crippen LogP contribution in [0, 0.1) is 34.5 Å². The highest BCUT2D eigenvalue weighted by Crippen LogP contribution is 2.66. The summed E-state index contributed by atoms with van der Waals surface area (Å²) in [5, 5.41) is 10.5. The highest BCUT2D eigenvalue weighted by Gasteiger charge is 2.60. The summed E-state index contributed by atoms with van der Waals surface area (Å²) >= 11 is 0. The van der Waals surface area contributed by atoms with Crippen molar-refractivity contribution in [2.75, 3.05) is 6.61 Å². The maximum absolute atomic E-state index is 13.0. The van der Waals surface area contributed by atoms with E-state index >= 15 is 0 Å². The van der Waals surface area contributed by atoms with Crippen LogP contribution in [0.2, 0.25) is 0 Å². The van der Waals surface area contributed by atoms with Gasteiger partial charge in [-0.15, -0.1) is 0 Å². The molecule has 0 bridgehead atoms. The van der Waals surface area contributed by atoms with Crippen molar-refractivity contribution in [1.82, 2.24) is 0 Å². The molecule has 0 saturated heterocycles. The summed E-state index contributed by atoms with van der Waals surface area (Å²) in [5.74, 6) is -0.175. The Balaban J connectivity index is 1.43. The summed E-state index contributed by atoms with van der Waals surface area (Å²) in [6.07, 6.45) is 8.88. The largest absolute Gasteiger partial charge is 0.550 e. The molecule has 3 fully saturated rings. The normalized spacial score (nSPS) is 39.0. The summed E-state index contributed by atoms with van der Waals surface area (Å²) in [4.78, 5) is 47.2. The van der Waals surface area contributed by atoms with E-state index in [-0.39, 0.29) is 47.8 Å². The molecule has 31 heavy (non-hydrogen) atoms. The minimum Gasteiger partial charge on any atom is -0.550 e. The second-order valence-electron chi connectivity index (χ2n) is 10.6. The van der Waals surface area contributed by atoms with Gasteiger partial charge in [0.05, 0.1) is 6.42 Å². The maximum Gasteiger partial charge on any atom is 0.306 e. The fourth-order valence-corrected chi connectivity index (χ4v) is 7.62. The van der Waals surface area contributed by atoms with Crippen molar-refractivity contribution in [2.24, 2.45) is 34.5 Å². The van der Waals surface area contributed by atoms with Crippen LogP contribution in [0.4, 0.5) is 0 Å². The van der Waals surface area contributed by atoms with Gasteiger partial charge in [-0.1, -0.05) is 19.4 Å². The minimum atomic E-state index is -1.30. The highest BCUT2D eigenvalue weighted by molar-refractivity contribution is 5.91. The topological polar surface area (TPSA) is 101 Å². The predicted octanol–water partition coefficient (Wildman–Crippen LogP) is 2.78. The van der Waals surface area contributed by atoms with E-state index in [4.69, 9.17) is 4.74 Å². The molecule has 4 aliphatic rings. The smallest absolute Gasteiger partial charge is 0.306 e.